The molecule has 1 fully saturated rings. The Kier molecular flexibility index (Phi) is 6.11. The maximum absolute atomic E-state index is 12.5. The van der Waals surface area contributed by atoms with Crippen molar-refractivity contribution in [3.63, 3.8) is 0 Å². The summed E-state index contributed by atoms with van der Waals surface area (Å²) in [6.07, 6.45) is 0. The van der Waals surface area contributed by atoms with Crippen LogP contribution >= 0.6 is 0 Å². The first-order valence-electron chi connectivity index (χ1n) is 9.37. The first-order chi connectivity index (χ1) is 13.1. The van der Waals surface area contributed by atoms with E-state index in [0.29, 0.717) is 19.0 Å². The quantitative estimate of drug-likeness (QED) is 0.842. The summed E-state index contributed by atoms with van der Waals surface area (Å²) < 4.78 is 5.69. The van der Waals surface area contributed by atoms with Crippen LogP contribution in [0.4, 0.5) is 11.8 Å². The van der Waals surface area contributed by atoms with Crippen molar-refractivity contribution in [2.75, 3.05) is 49.5 Å². The van der Waals surface area contributed by atoms with Crippen LogP contribution in [0.2, 0.25) is 0 Å². The largest absolute Gasteiger partial charge is 0.484 e. The maximum atomic E-state index is 12.5. The predicted octanol–water partition coefficient (Wildman–Crippen LogP) is 2.25. The Bertz CT molecular complexity index is 788. The Labute approximate surface area is 160 Å². The van der Waals surface area contributed by atoms with Crippen molar-refractivity contribution in [2.45, 2.75) is 20.8 Å². The number of amides is 1. The van der Waals surface area contributed by atoms with Crippen LogP contribution < -0.4 is 15.0 Å². The molecule has 27 heavy (non-hydrogen) atoms. The number of nitrogens with one attached hydrogen (secondary N) is 1. The second-order valence-electron chi connectivity index (χ2n) is 6.64. The van der Waals surface area contributed by atoms with E-state index in [2.05, 4.69) is 20.2 Å². The first kappa shape index (κ1) is 18.9. The van der Waals surface area contributed by atoms with E-state index in [1.165, 1.54) is 0 Å². The van der Waals surface area contributed by atoms with Crippen molar-refractivity contribution >= 4 is 17.7 Å². The summed E-state index contributed by atoms with van der Waals surface area (Å²) in [5.41, 5.74) is 1.96. The number of nitrogens with zero attached hydrogens (tertiary/aromatic N) is 4. The Morgan fingerprint density at radius 1 is 1.15 bits per heavy atom. The lowest BCUT2D eigenvalue weighted by Crippen LogP contribution is -2.50. The Hall–Kier alpha value is -2.83. The van der Waals surface area contributed by atoms with Crippen molar-refractivity contribution in [3.8, 4) is 5.75 Å². The molecule has 1 aromatic carbocycles. The molecule has 0 saturated carbocycles. The number of ether oxygens (including phenoxy) is 1. The fraction of sp³-hybridized carbons (Fsp3) is 0.450. The lowest BCUT2D eigenvalue weighted by Gasteiger charge is -2.35. The zero-order valence-electron chi connectivity index (χ0n) is 16.2. The van der Waals surface area contributed by atoms with Gasteiger partial charge in [0.2, 0.25) is 5.95 Å². The molecule has 0 unspecified atom stereocenters. The molecule has 1 aliphatic rings. The normalized spacial score (nSPS) is 14.2. The van der Waals surface area contributed by atoms with Gasteiger partial charge in [-0.25, -0.2) is 4.98 Å². The lowest BCUT2D eigenvalue weighted by molar-refractivity contribution is -0.133. The summed E-state index contributed by atoms with van der Waals surface area (Å²) in [6.45, 7) is 9.64. The molecule has 1 aromatic heterocycles. The first-order valence-corrected chi connectivity index (χ1v) is 9.37. The van der Waals surface area contributed by atoms with Gasteiger partial charge in [0, 0.05) is 44.5 Å². The van der Waals surface area contributed by atoms with Gasteiger partial charge in [0.05, 0.1) is 0 Å². The highest BCUT2D eigenvalue weighted by Gasteiger charge is 2.23. The van der Waals surface area contributed by atoms with Crippen LogP contribution in [-0.2, 0) is 4.79 Å². The van der Waals surface area contributed by atoms with E-state index in [4.69, 9.17) is 4.74 Å². The van der Waals surface area contributed by atoms with Crippen molar-refractivity contribution in [2.24, 2.45) is 0 Å². The zero-order valence-corrected chi connectivity index (χ0v) is 16.2. The summed E-state index contributed by atoms with van der Waals surface area (Å²) in [4.78, 5) is 25.5. The molecule has 7 heteroatoms. The molecule has 2 aromatic rings. The minimum atomic E-state index is 0.0186. The minimum absolute atomic E-state index is 0.0186. The van der Waals surface area contributed by atoms with Crippen molar-refractivity contribution < 1.29 is 9.53 Å². The number of carbonyl (C=O) groups excluding carboxylic acids is 1. The molecule has 0 spiro atoms. The number of hydrogen-bond acceptors (Lipinski definition) is 6. The van der Waals surface area contributed by atoms with Gasteiger partial charge < -0.3 is 19.9 Å². The fourth-order valence-electron chi connectivity index (χ4n) is 3.09. The number of benzene rings is 1. The highest BCUT2D eigenvalue weighted by Crippen LogP contribution is 2.18. The van der Waals surface area contributed by atoms with Crippen LogP contribution in [0, 0.1) is 13.8 Å². The van der Waals surface area contributed by atoms with Crippen LogP contribution in [0.3, 0.4) is 0 Å². The Balaban J connectivity index is 1.54. The number of anilines is 2. The van der Waals surface area contributed by atoms with Gasteiger partial charge >= 0.3 is 0 Å². The second kappa shape index (κ2) is 8.70. The van der Waals surface area contributed by atoms with E-state index in [1.807, 2.05) is 56.0 Å². The van der Waals surface area contributed by atoms with Crippen LogP contribution in [0.5, 0.6) is 5.75 Å². The van der Waals surface area contributed by atoms with Gasteiger partial charge in [0.15, 0.2) is 6.61 Å². The van der Waals surface area contributed by atoms with Gasteiger partial charge in [0.25, 0.3) is 5.91 Å². The van der Waals surface area contributed by atoms with E-state index >= 15 is 0 Å². The van der Waals surface area contributed by atoms with E-state index < -0.39 is 0 Å². The van der Waals surface area contributed by atoms with Crippen molar-refractivity contribution in [1.29, 1.82) is 0 Å². The fourth-order valence-corrected chi connectivity index (χ4v) is 3.09. The van der Waals surface area contributed by atoms with Crippen LogP contribution in [-0.4, -0.2) is 60.1 Å². The average Bonchev–Trinajstić information content (AvgIpc) is 2.67. The van der Waals surface area contributed by atoms with E-state index in [0.717, 1.165) is 42.5 Å². The Morgan fingerprint density at radius 2 is 1.89 bits per heavy atom. The molecule has 0 radical (unpaired) electrons. The molecule has 144 valence electrons. The number of rotatable bonds is 6. The van der Waals surface area contributed by atoms with Crippen LogP contribution in [0.25, 0.3) is 0 Å². The highest BCUT2D eigenvalue weighted by atomic mass is 16.5. The van der Waals surface area contributed by atoms with Gasteiger partial charge in [-0.05, 0) is 32.4 Å². The van der Waals surface area contributed by atoms with Crippen molar-refractivity contribution in [1.82, 2.24) is 14.9 Å². The highest BCUT2D eigenvalue weighted by molar-refractivity contribution is 5.78. The molecule has 2 heterocycles. The molecule has 1 aliphatic heterocycles. The predicted molar refractivity (Wildman–Crippen MR) is 106 cm³/mol. The van der Waals surface area contributed by atoms with Gasteiger partial charge in [-0.2, -0.15) is 4.98 Å². The molecule has 0 atom stereocenters. The van der Waals surface area contributed by atoms with Gasteiger partial charge in [0.1, 0.15) is 11.6 Å². The maximum Gasteiger partial charge on any atom is 0.260 e. The molecule has 1 saturated heterocycles. The molecule has 3 rings (SSSR count). The average molecular weight is 369 g/mol. The third-order valence-electron chi connectivity index (χ3n) is 4.58. The molecular weight excluding hydrogens is 342 g/mol. The number of para-hydroxylation sites is 1. The summed E-state index contributed by atoms with van der Waals surface area (Å²) in [5.74, 6) is 2.33. The SMILES string of the molecule is CCNc1nc(C)cc(N2CCN(C(=O)COc3ccccc3C)CC2)n1. The number of hydrogen-bond donors (Lipinski definition) is 1. The molecule has 0 aliphatic carbocycles. The standard InChI is InChI=1S/C20H27N5O2/c1-4-21-20-22-16(3)13-18(23-20)24-9-11-25(12-10-24)19(26)14-27-17-8-6-5-7-15(17)2/h5-8,13H,4,9-12,14H2,1-3H3,(H,21,22,23). The molecule has 0 bridgehead atoms. The summed E-state index contributed by atoms with van der Waals surface area (Å²) in [7, 11) is 0. The molecular formula is C20H27N5O2. The third kappa shape index (κ3) is 4.87. The third-order valence-corrected chi connectivity index (χ3v) is 4.58. The van der Waals surface area contributed by atoms with Crippen LogP contribution in [0.1, 0.15) is 18.2 Å². The van der Waals surface area contributed by atoms with E-state index in [-0.39, 0.29) is 12.5 Å². The Morgan fingerprint density at radius 3 is 2.59 bits per heavy atom. The van der Waals surface area contributed by atoms with Gasteiger partial charge in [-0.15, -0.1) is 0 Å². The molecule has 1 amide bonds. The molecule has 1 N–H and O–H groups in total. The minimum Gasteiger partial charge on any atom is -0.484 e. The number of carbonyl (C=O) groups is 1. The summed E-state index contributed by atoms with van der Waals surface area (Å²) >= 11 is 0. The second-order valence-corrected chi connectivity index (χ2v) is 6.64. The number of aromatic nitrogens is 2. The summed E-state index contributed by atoms with van der Waals surface area (Å²) in [6, 6.07) is 9.72. The topological polar surface area (TPSA) is 70.6 Å². The molecule has 7 nitrogen and oxygen atoms in total. The van der Waals surface area contributed by atoms with Gasteiger partial charge in [-0.1, -0.05) is 18.2 Å². The number of aryl methyl sites for hydroxylation is 2. The number of piperazine rings is 1. The van der Waals surface area contributed by atoms with E-state index in [1.54, 1.807) is 0 Å². The monoisotopic (exact) mass is 369 g/mol. The summed E-state index contributed by atoms with van der Waals surface area (Å²) in [5, 5.41) is 3.16. The van der Waals surface area contributed by atoms with Crippen molar-refractivity contribution in [3.05, 3.63) is 41.6 Å². The zero-order chi connectivity index (χ0) is 19.2. The van der Waals surface area contributed by atoms with Crippen LogP contribution in [0.15, 0.2) is 30.3 Å². The van der Waals surface area contributed by atoms with E-state index in [9.17, 15) is 4.79 Å². The van der Waals surface area contributed by atoms with Gasteiger partial charge in [-0.3, -0.25) is 4.79 Å². The smallest absolute Gasteiger partial charge is 0.260 e. The lowest BCUT2D eigenvalue weighted by atomic mass is 10.2.